The van der Waals surface area contributed by atoms with E-state index >= 15 is 0 Å². The monoisotopic (exact) mass is 317 g/mol. The molecule has 1 N–H and O–H groups in total. The maximum absolute atomic E-state index is 8.81. The van der Waals surface area contributed by atoms with Gasteiger partial charge in [-0.1, -0.05) is 34.1 Å². The Labute approximate surface area is 120 Å². The van der Waals surface area contributed by atoms with Crippen LogP contribution in [0.5, 0.6) is 0 Å². The highest BCUT2D eigenvalue weighted by Crippen LogP contribution is 2.18. The summed E-state index contributed by atoms with van der Waals surface area (Å²) in [6.07, 6.45) is 3.44. The molecule has 1 heterocycles. The number of rotatable bonds is 4. The lowest BCUT2D eigenvalue weighted by Gasteiger charge is -2.10. The Hall–Kier alpha value is -2.13. The van der Waals surface area contributed by atoms with Gasteiger partial charge in [-0.3, -0.25) is 4.90 Å². The molecule has 0 aliphatic carbocycles. The third kappa shape index (κ3) is 3.42. The highest BCUT2D eigenvalue weighted by molar-refractivity contribution is 9.10. The number of nitrogens with one attached hydrogen (secondary N) is 1. The van der Waals surface area contributed by atoms with Gasteiger partial charge in [0.25, 0.3) is 0 Å². The minimum absolute atomic E-state index is 0.562. The van der Waals surface area contributed by atoms with Crippen LogP contribution in [-0.2, 0) is 6.54 Å². The van der Waals surface area contributed by atoms with Crippen molar-refractivity contribution in [3.8, 4) is 6.19 Å². The van der Waals surface area contributed by atoms with Crippen molar-refractivity contribution in [1.29, 1.82) is 5.26 Å². The molecule has 0 radical (unpaired) electrons. The van der Waals surface area contributed by atoms with Crippen LogP contribution in [0, 0.1) is 11.5 Å². The molecular formula is C13H12BrN5. The van der Waals surface area contributed by atoms with Crippen LogP contribution in [0.25, 0.3) is 0 Å². The predicted octanol–water partition coefficient (Wildman–Crippen LogP) is 2.77. The van der Waals surface area contributed by atoms with Crippen LogP contribution >= 0.6 is 15.9 Å². The first-order chi connectivity index (χ1) is 9.20. The number of aromatic nitrogens is 2. The number of anilines is 2. The fourth-order valence-electron chi connectivity index (χ4n) is 1.51. The number of nitriles is 1. The van der Waals surface area contributed by atoms with Gasteiger partial charge in [0.2, 0.25) is 0 Å². The second kappa shape index (κ2) is 6.16. The molecule has 0 spiro atoms. The van der Waals surface area contributed by atoms with E-state index in [4.69, 9.17) is 5.26 Å². The minimum Gasteiger partial charge on any atom is -0.366 e. The minimum atomic E-state index is 0.562. The Balaban J connectivity index is 2.08. The van der Waals surface area contributed by atoms with E-state index in [0.717, 1.165) is 10.0 Å². The van der Waals surface area contributed by atoms with Gasteiger partial charge in [-0.15, -0.1) is 0 Å². The van der Waals surface area contributed by atoms with Gasteiger partial charge in [0.15, 0.2) is 6.19 Å². The highest BCUT2D eigenvalue weighted by atomic mass is 79.9. The van der Waals surface area contributed by atoms with Gasteiger partial charge in [0, 0.05) is 24.1 Å². The first kappa shape index (κ1) is 13.3. The molecule has 0 aliphatic rings. The van der Waals surface area contributed by atoms with Gasteiger partial charge < -0.3 is 5.32 Å². The normalized spacial score (nSPS) is 9.74. The average molecular weight is 318 g/mol. The average Bonchev–Trinajstić information content (AvgIpc) is 2.46. The van der Waals surface area contributed by atoms with E-state index in [9.17, 15) is 0 Å². The largest absolute Gasteiger partial charge is 0.366 e. The van der Waals surface area contributed by atoms with Crippen molar-refractivity contribution in [3.63, 3.8) is 0 Å². The SMILES string of the molecule is CN(C#N)c1cc(NCc2ccccc2Br)ncn1. The molecule has 1 aromatic heterocycles. The van der Waals surface area contributed by atoms with Gasteiger partial charge in [0.1, 0.15) is 18.0 Å². The van der Waals surface area contributed by atoms with Crippen molar-refractivity contribution >= 4 is 27.6 Å². The molecule has 0 bridgehead atoms. The zero-order valence-electron chi connectivity index (χ0n) is 10.3. The van der Waals surface area contributed by atoms with Gasteiger partial charge >= 0.3 is 0 Å². The molecule has 0 unspecified atom stereocenters. The second-order valence-corrected chi connectivity index (χ2v) is 4.72. The summed E-state index contributed by atoms with van der Waals surface area (Å²) in [7, 11) is 1.65. The molecule has 1 aromatic carbocycles. The van der Waals surface area contributed by atoms with Gasteiger partial charge in [-0.25, -0.2) is 9.97 Å². The van der Waals surface area contributed by atoms with E-state index in [1.54, 1.807) is 13.1 Å². The van der Waals surface area contributed by atoms with Crippen molar-refractivity contribution in [2.45, 2.75) is 6.54 Å². The fraction of sp³-hybridized carbons (Fsp3) is 0.154. The van der Waals surface area contributed by atoms with E-state index < -0.39 is 0 Å². The summed E-state index contributed by atoms with van der Waals surface area (Å²) in [4.78, 5) is 9.53. The van der Waals surface area contributed by atoms with Crippen LogP contribution in [0.1, 0.15) is 5.56 Å². The predicted molar refractivity (Wildman–Crippen MR) is 77.5 cm³/mol. The Kier molecular flexibility index (Phi) is 4.31. The Morgan fingerprint density at radius 2 is 2.16 bits per heavy atom. The Morgan fingerprint density at radius 1 is 1.37 bits per heavy atom. The van der Waals surface area contributed by atoms with Gasteiger partial charge in [-0.2, -0.15) is 5.26 Å². The number of benzene rings is 1. The van der Waals surface area contributed by atoms with Crippen LogP contribution in [0.2, 0.25) is 0 Å². The summed E-state index contributed by atoms with van der Waals surface area (Å²) >= 11 is 3.49. The number of nitrogens with zero attached hydrogens (tertiary/aromatic N) is 4. The molecule has 19 heavy (non-hydrogen) atoms. The van der Waals surface area contributed by atoms with Gasteiger partial charge in [0.05, 0.1) is 0 Å². The van der Waals surface area contributed by atoms with E-state index in [2.05, 4.69) is 31.2 Å². The highest BCUT2D eigenvalue weighted by Gasteiger charge is 2.04. The zero-order valence-corrected chi connectivity index (χ0v) is 11.9. The molecule has 0 atom stereocenters. The third-order valence-electron chi connectivity index (χ3n) is 2.56. The molecule has 2 rings (SSSR count). The maximum Gasteiger partial charge on any atom is 0.185 e. The molecule has 0 aliphatic heterocycles. The van der Waals surface area contributed by atoms with E-state index in [0.29, 0.717) is 18.2 Å². The van der Waals surface area contributed by atoms with Crippen molar-refractivity contribution in [3.05, 3.63) is 46.7 Å². The van der Waals surface area contributed by atoms with Crippen LogP contribution < -0.4 is 10.2 Å². The van der Waals surface area contributed by atoms with E-state index in [1.807, 2.05) is 30.5 Å². The van der Waals surface area contributed by atoms with E-state index in [1.165, 1.54) is 11.2 Å². The molecule has 6 heteroatoms. The molecule has 96 valence electrons. The second-order valence-electron chi connectivity index (χ2n) is 3.87. The molecule has 0 saturated heterocycles. The summed E-state index contributed by atoms with van der Waals surface area (Å²) in [5.41, 5.74) is 1.14. The molecule has 2 aromatic rings. The van der Waals surface area contributed by atoms with Crippen molar-refractivity contribution in [2.24, 2.45) is 0 Å². The lowest BCUT2D eigenvalue weighted by molar-refractivity contribution is 1.05. The van der Waals surface area contributed by atoms with E-state index in [-0.39, 0.29) is 0 Å². The lowest BCUT2D eigenvalue weighted by Crippen LogP contribution is -2.11. The first-order valence-electron chi connectivity index (χ1n) is 5.63. The summed E-state index contributed by atoms with van der Waals surface area (Å²) in [5.74, 6) is 1.25. The topological polar surface area (TPSA) is 64.8 Å². The number of halogens is 1. The van der Waals surface area contributed by atoms with Crippen LogP contribution in [0.15, 0.2) is 41.1 Å². The standard InChI is InChI=1S/C13H12BrN5/c1-19(8-15)13-6-12(17-9-18-13)16-7-10-4-2-3-5-11(10)14/h2-6,9H,7H2,1H3,(H,16,17,18). The first-order valence-corrected chi connectivity index (χ1v) is 6.43. The molecule has 0 amide bonds. The summed E-state index contributed by atoms with van der Waals surface area (Å²) in [6.45, 7) is 0.647. The Bertz CT molecular complexity index is 608. The third-order valence-corrected chi connectivity index (χ3v) is 3.34. The molecule has 5 nitrogen and oxygen atoms in total. The Morgan fingerprint density at radius 3 is 2.89 bits per heavy atom. The molecular weight excluding hydrogens is 306 g/mol. The van der Waals surface area contributed by atoms with Crippen LogP contribution in [-0.4, -0.2) is 17.0 Å². The zero-order chi connectivity index (χ0) is 13.7. The quantitative estimate of drug-likeness (QED) is 0.694. The molecule has 0 saturated carbocycles. The summed E-state index contributed by atoms with van der Waals surface area (Å²) in [5, 5.41) is 12.0. The smallest absolute Gasteiger partial charge is 0.185 e. The van der Waals surface area contributed by atoms with Crippen molar-refractivity contribution < 1.29 is 0 Å². The summed E-state index contributed by atoms with van der Waals surface area (Å²) in [6, 6.07) is 9.71. The maximum atomic E-state index is 8.81. The van der Waals surface area contributed by atoms with Crippen molar-refractivity contribution in [2.75, 3.05) is 17.3 Å². The van der Waals surface area contributed by atoms with Crippen LogP contribution in [0.3, 0.4) is 0 Å². The number of hydrogen-bond donors (Lipinski definition) is 1. The fourth-order valence-corrected chi connectivity index (χ4v) is 1.93. The van der Waals surface area contributed by atoms with Gasteiger partial charge in [-0.05, 0) is 11.6 Å². The van der Waals surface area contributed by atoms with Crippen molar-refractivity contribution in [1.82, 2.24) is 9.97 Å². The van der Waals surface area contributed by atoms with Crippen LogP contribution in [0.4, 0.5) is 11.6 Å². The number of hydrogen-bond acceptors (Lipinski definition) is 5. The summed E-state index contributed by atoms with van der Waals surface area (Å²) < 4.78 is 1.05. The molecule has 0 fully saturated rings. The lowest BCUT2D eigenvalue weighted by atomic mass is 10.2.